The maximum absolute atomic E-state index is 13.3. The van der Waals surface area contributed by atoms with Gasteiger partial charge in [-0.2, -0.15) is 0 Å². The fourth-order valence-corrected chi connectivity index (χ4v) is 4.90. The number of piperidine rings is 2. The largest absolute Gasteiger partial charge is 0.339 e. The Balaban J connectivity index is 1.37. The molecule has 0 unspecified atom stereocenters. The van der Waals surface area contributed by atoms with Gasteiger partial charge in [-0.05, 0) is 75.5 Å². The summed E-state index contributed by atoms with van der Waals surface area (Å²) in [7, 11) is 0. The van der Waals surface area contributed by atoms with Gasteiger partial charge in [0.2, 0.25) is 0 Å². The van der Waals surface area contributed by atoms with Crippen molar-refractivity contribution >= 4 is 28.9 Å². The highest BCUT2D eigenvalue weighted by atomic mass is 16.2. The molecule has 0 aromatic heterocycles. The summed E-state index contributed by atoms with van der Waals surface area (Å²) in [4.78, 5) is 36.9. The van der Waals surface area contributed by atoms with Crippen molar-refractivity contribution in [2.45, 2.75) is 38.5 Å². The number of nitrogens with zero attached hydrogens (tertiary/aromatic N) is 4. The van der Waals surface area contributed by atoms with Crippen LogP contribution in [-0.4, -0.2) is 60.2 Å². The van der Waals surface area contributed by atoms with Gasteiger partial charge in [0, 0.05) is 24.2 Å². The summed E-state index contributed by atoms with van der Waals surface area (Å²) < 4.78 is 0. The topological polar surface area (TPSA) is 56.2 Å². The van der Waals surface area contributed by atoms with Gasteiger partial charge in [0.15, 0.2) is 0 Å². The summed E-state index contributed by atoms with van der Waals surface area (Å²) in [6.45, 7) is 4.34. The van der Waals surface area contributed by atoms with Crippen LogP contribution in [-0.2, 0) is 4.79 Å². The van der Waals surface area contributed by atoms with Gasteiger partial charge in [-0.3, -0.25) is 19.4 Å². The maximum atomic E-state index is 13.3. The SMILES string of the molecule is O=C(c1ccc(N=C2C(=O)N(CN3CCCCC3)c3ccccc32)cc1)N1CCCCC1. The Kier molecular flexibility index (Phi) is 6.04. The molecule has 2 amide bonds. The summed E-state index contributed by atoms with van der Waals surface area (Å²) in [5.41, 5.74) is 3.66. The van der Waals surface area contributed by atoms with E-state index in [9.17, 15) is 9.59 Å². The second kappa shape index (κ2) is 9.25. The number of benzene rings is 2. The molecule has 3 heterocycles. The van der Waals surface area contributed by atoms with Gasteiger partial charge in [0.1, 0.15) is 5.71 Å². The molecular formula is C26H30N4O2. The van der Waals surface area contributed by atoms with Crippen molar-refractivity contribution in [3.63, 3.8) is 0 Å². The number of fused-ring (bicyclic) bond motifs is 1. The predicted octanol–water partition coefficient (Wildman–Crippen LogP) is 4.22. The van der Waals surface area contributed by atoms with E-state index in [2.05, 4.69) is 4.90 Å². The molecule has 5 rings (SSSR count). The average Bonchev–Trinajstić information content (AvgIpc) is 3.11. The van der Waals surface area contributed by atoms with Crippen LogP contribution >= 0.6 is 0 Å². The molecule has 0 radical (unpaired) electrons. The Morgan fingerprint density at radius 3 is 2.19 bits per heavy atom. The van der Waals surface area contributed by atoms with Crippen LogP contribution in [0.3, 0.4) is 0 Å². The van der Waals surface area contributed by atoms with Crippen LogP contribution in [0.5, 0.6) is 0 Å². The van der Waals surface area contributed by atoms with Crippen molar-refractivity contribution in [1.29, 1.82) is 0 Å². The van der Waals surface area contributed by atoms with Gasteiger partial charge in [-0.15, -0.1) is 0 Å². The normalized spacial score (nSPS) is 20.6. The molecule has 2 aromatic carbocycles. The van der Waals surface area contributed by atoms with Crippen LogP contribution in [0, 0.1) is 0 Å². The van der Waals surface area contributed by atoms with E-state index in [-0.39, 0.29) is 11.8 Å². The second-order valence-electron chi connectivity index (χ2n) is 8.93. The van der Waals surface area contributed by atoms with E-state index >= 15 is 0 Å². The molecule has 2 saturated heterocycles. The first-order valence-corrected chi connectivity index (χ1v) is 11.8. The number of aliphatic imine (C=N–C) groups is 1. The summed E-state index contributed by atoms with van der Waals surface area (Å²) in [5.74, 6) is 0.0316. The Morgan fingerprint density at radius 1 is 0.812 bits per heavy atom. The quantitative estimate of drug-likeness (QED) is 0.730. The van der Waals surface area contributed by atoms with Crippen molar-refractivity contribution in [3.8, 4) is 0 Å². The van der Waals surface area contributed by atoms with Gasteiger partial charge < -0.3 is 4.90 Å². The van der Waals surface area contributed by atoms with E-state index in [4.69, 9.17) is 4.99 Å². The van der Waals surface area contributed by atoms with Crippen molar-refractivity contribution in [2.24, 2.45) is 4.99 Å². The molecule has 0 bridgehead atoms. The summed E-state index contributed by atoms with van der Waals surface area (Å²) in [5, 5.41) is 0. The highest BCUT2D eigenvalue weighted by Crippen LogP contribution is 2.31. The lowest BCUT2D eigenvalue weighted by Gasteiger charge is -2.30. The van der Waals surface area contributed by atoms with E-state index in [0.717, 1.165) is 50.3 Å². The van der Waals surface area contributed by atoms with Crippen molar-refractivity contribution in [3.05, 3.63) is 59.7 Å². The summed E-state index contributed by atoms with van der Waals surface area (Å²) in [6, 6.07) is 15.2. The van der Waals surface area contributed by atoms with Crippen LogP contribution in [0.15, 0.2) is 53.5 Å². The molecule has 2 aromatic rings. The fourth-order valence-electron chi connectivity index (χ4n) is 4.90. The Hall–Kier alpha value is -2.99. The minimum Gasteiger partial charge on any atom is -0.339 e. The predicted molar refractivity (Wildman–Crippen MR) is 127 cm³/mol. The van der Waals surface area contributed by atoms with Gasteiger partial charge in [0.05, 0.1) is 18.0 Å². The first-order valence-electron chi connectivity index (χ1n) is 11.8. The third-order valence-electron chi connectivity index (χ3n) is 6.69. The van der Waals surface area contributed by atoms with Gasteiger partial charge in [0.25, 0.3) is 11.8 Å². The lowest BCUT2D eigenvalue weighted by Crippen LogP contribution is -2.43. The molecule has 0 saturated carbocycles. The zero-order valence-corrected chi connectivity index (χ0v) is 18.5. The van der Waals surface area contributed by atoms with Gasteiger partial charge >= 0.3 is 0 Å². The molecule has 6 nitrogen and oxygen atoms in total. The smallest absolute Gasteiger partial charge is 0.278 e. The number of hydrogen-bond acceptors (Lipinski definition) is 4. The molecule has 0 atom stereocenters. The first-order chi connectivity index (χ1) is 15.7. The first kappa shape index (κ1) is 20.9. The number of hydrogen-bond donors (Lipinski definition) is 0. The molecule has 0 spiro atoms. The second-order valence-corrected chi connectivity index (χ2v) is 8.93. The van der Waals surface area contributed by atoms with Gasteiger partial charge in [-0.1, -0.05) is 24.6 Å². The minimum absolute atomic E-state index is 0.0507. The molecule has 3 aliphatic heterocycles. The molecule has 166 valence electrons. The molecule has 0 N–H and O–H groups in total. The number of amides is 2. The highest BCUT2D eigenvalue weighted by Gasteiger charge is 2.34. The standard InChI is InChI=1S/C26H30N4O2/c31-25(29-17-7-2-8-18-29)20-11-13-21(14-12-20)27-24-22-9-3-4-10-23(22)30(26(24)32)19-28-15-5-1-6-16-28/h3-4,9-14H,1-2,5-8,15-19H2. The van der Waals surface area contributed by atoms with Crippen LogP contribution in [0.2, 0.25) is 0 Å². The number of para-hydroxylation sites is 1. The van der Waals surface area contributed by atoms with E-state index in [1.165, 1.54) is 25.7 Å². The highest BCUT2D eigenvalue weighted by molar-refractivity contribution is 6.54. The average molecular weight is 431 g/mol. The maximum Gasteiger partial charge on any atom is 0.278 e. The van der Waals surface area contributed by atoms with E-state index < -0.39 is 0 Å². The third-order valence-corrected chi connectivity index (χ3v) is 6.69. The number of anilines is 1. The Bertz CT molecular complexity index is 1020. The number of carbonyl (C=O) groups is 2. The number of likely N-dealkylation sites (tertiary alicyclic amines) is 2. The van der Waals surface area contributed by atoms with Crippen molar-refractivity contribution in [2.75, 3.05) is 37.7 Å². The lowest BCUT2D eigenvalue weighted by atomic mass is 10.1. The zero-order valence-electron chi connectivity index (χ0n) is 18.5. The molecule has 0 aliphatic carbocycles. The summed E-state index contributed by atoms with van der Waals surface area (Å²) >= 11 is 0. The zero-order chi connectivity index (χ0) is 21.9. The molecule has 32 heavy (non-hydrogen) atoms. The van der Waals surface area contributed by atoms with Crippen molar-refractivity contribution in [1.82, 2.24) is 9.80 Å². The van der Waals surface area contributed by atoms with Crippen LogP contribution < -0.4 is 4.90 Å². The van der Waals surface area contributed by atoms with E-state index in [1.807, 2.05) is 58.3 Å². The Morgan fingerprint density at radius 2 is 1.47 bits per heavy atom. The molecule has 2 fully saturated rings. The monoisotopic (exact) mass is 430 g/mol. The van der Waals surface area contributed by atoms with E-state index in [0.29, 0.717) is 23.6 Å². The number of carbonyl (C=O) groups excluding carboxylic acids is 2. The summed E-state index contributed by atoms with van der Waals surface area (Å²) in [6.07, 6.45) is 6.99. The fraction of sp³-hybridized carbons (Fsp3) is 0.423. The third kappa shape index (κ3) is 4.19. The number of rotatable bonds is 4. The molecular weight excluding hydrogens is 400 g/mol. The van der Waals surface area contributed by atoms with Crippen molar-refractivity contribution < 1.29 is 9.59 Å². The van der Waals surface area contributed by atoms with Crippen LogP contribution in [0.25, 0.3) is 0 Å². The van der Waals surface area contributed by atoms with Crippen LogP contribution in [0.1, 0.15) is 54.4 Å². The van der Waals surface area contributed by atoms with Gasteiger partial charge in [-0.25, -0.2) is 4.99 Å². The minimum atomic E-state index is -0.0507. The van der Waals surface area contributed by atoms with Crippen LogP contribution in [0.4, 0.5) is 11.4 Å². The van der Waals surface area contributed by atoms with E-state index in [1.54, 1.807) is 0 Å². The Labute approximate surface area is 189 Å². The molecule has 6 heteroatoms. The lowest BCUT2D eigenvalue weighted by molar-refractivity contribution is -0.112. The molecule has 3 aliphatic rings.